The van der Waals surface area contributed by atoms with Crippen LogP contribution in [0, 0.1) is 11.8 Å². The van der Waals surface area contributed by atoms with Crippen molar-refractivity contribution in [2.45, 2.75) is 37.9 Å². The minimum absolute atomic E-state index is 0.0947. The molecule has 4 atom stereocenters. The number of ether oxygens (including phenoxy) is 1. The highest BCUT2D eigenvalue weighted by Crippen LogP contribution is 2.54. The van der Waals surface area contributed by atoms with Crippen LogP contribution < -0.4 is 5.32 Å². The van der Waals surface area contributed by atoms with Gasteiger partial charge in [-0.05, 0) is 25.0 Å². The molecule has 2 aromatic rings. The molecule has 3 fully saturated rings. The van der Waals surface area contributed by atoms with Crippen molar-refractivity contribution in [2.75, 3.05) is 19.6 Å². The highest BCUT2D eigenvalue weighted by molar-refractivity contribution is 5.93. The van der Waals surface area contributed by atoms with Crippen molar-refractivity contribution in [3.63, 3.8) is 0 Å². The Bertz CT molecular complexity index is 930. The lowest BCUT2D eigenvalue weighted by atomic mass is 9.73. The summed E-state index contributed by atoms with van der Waals surface area (Å²) in [5.74, 6) is 0.753. The van der Waals surface area contributed by atoms with E-state index < -0.39 is 0 Å². The zero-order chi connectivity index (χ0) is 20.0. The van der Waals surface area contributed by atoms with Crippen LogP contribution in [0.2, 0.25) is 0 Å². The van der Waals surface area contributed by atoms with E-state index >= 15 is 0 Å². The Balaban J connectivity index is 1.29. The average molecular weight is 396 g/mol. The Labute approximate surface area is 168 Å². The SMILES string of the molecule is CCc1ocnc1C(=O)N1C[C@@H]2[C@H](CNC(=O)c3ccccn3)[C@H]3CC[C@]2(C1)O3. The van der Waals surface area contributed by atoms with E-state index in [9.17, 15) is 9.59 Å². The van der Waals surface area contributed by atoms with Crippen molar-refractivity contribution in [1.82, 2.24) is 20.2 Å². The summed E-state index contributed by atoms with van der Waals surface area (Å²) in [4.78, 5) is 35.5. The number of carbonyl (C=O) groups excluding carboxylic acids is 2. The minimum Gasteiger partial charge on any atom is -0.448 e. The number of carbonyl (C=O) groups is 2. The summed E-state index contributed by atoms with van der Waals surface area (Å²) in [6, 6.07) is 5.28. The molecule has 2 aromatic heterocycles. The van der Waals surface area contributed by atoms with Gasteiger partial charge in [-0.2, -0.15) is 0 Å². The number of hydrogen-bond donors (Lipinski definition) is 1. The molecule has 0 saturated carbocycles. The summed E-state index contributed by atoms with van der Waals surface area (Å²) in [6.07, 6.45) is 5.63. The van der Waals surface area contributed by atoms with Crippen LogP contribution in [0.25, 0.3) is 0 Å². The van der Waals surface area contributed by atoms with Gasteiger partial charge in [-0.15, -0.1) is 0 Å². The Hall–Kier alpha value is -2.74. The van der Waals surface area contributed by atoms with Gasteiger partial charge in [0.25, 0.3) is 11.8 Å². The third kappa shape index (κ3) is 2.93. The normalized spacial score (nSPS) is 29.8. The van der Waals surface area contributed by atoms with Crippen molar-refractivity contribution >= 4 is 11.8 Å². The van der Waals surface area contributed by atoms with Gasteiger partial charge in [0, 0.05) is 37.5 Å². The molecule has 3 aliphatic heterocycles. The predicted molar refractivity (Wildman–Crippen MR) is 102 cm³/mol. The van der Waals surface area contributed by atoms with E-state index in [1.54, 1.807) is 24.4 Å². The summed E-state index contributed by atoms with van der Waals surface area (Å²) in [5.41, 5.74) is 0.516. The molecular formula is C21H24N4O4. The van der Waals surface area contributed by atoms with Crippen molar-refractivity contribution < 1.29 is 18.7 Å². The van der Waals surface area contributed by atoms with Gasteiger partial charge in [-0.3, -0.25) is 14.6 Å². The standard InChI is InChI=1S/C21H24N4O4/c1-2-16-18(24-12-28-16)20(27)25-10-14-13(17-6-7-21(14,11-25)29-17)9-23-19(26)15-5-3-4-8-22-15/h3-5,8,12-14,17H,2,6-7,9-11H2,1H3,(H,23,26)/t13-,14+,17+,21+/m0/s1. The van der Waals surface area contributed by atoms with E-state index in [0.717, 1.165) is 12.8 Å². The summed E-state index contributed by atoms with van der Waals surface area (Å²) in [6.45, 7) is 3.67. The smallest absolute Gasteiger partial charge is 0.276 e. The zero-order valence-electron chi connectivity index (χ0n) is 16.3. The summed E-state index contributed by atoms with van der Waals surface area (Å²) < 4.78 is 11.7. The molecule has 5 rings (SSSR count). The van der Waals surface area contributed by atoms with Gasteiger partial charge in [0.05, 0.1) is 18.2 Å². The number of hydrogen-bond acceptors (Lipinski definition) is 6. The molecule has 0 aliphatic carbocycles. The maximum absolute atomic E-state index is 13.0. The van der Waals surface area contributed by atoms with E-state index in [1.807, 2.05) is 11.8 Å². The lowest BCUT2D eigenvalue weighted by molar-refractivity contribution is 0.00309. The monoisotopic (exact) mass is 396 g/mol. The van der Waals surface area contributed by atoms with Crippen molar-refractivity contribution in [3.8, 4) is 0 Å². The molecule has 0 radical (unpaired) electrons. The number of fused-ring (bicyclic) bond motifs is 1. The third-order valence-electron chi connectivity index (χ3n) is 6.63. The summed E-state index contributed by atoms with van der Waals surface area (Å²) in [7, 11) is 0. The van der Waals surface area contributed by atoms with E-state index in [1.165, 1.54) is 6.39 Å². The first-order chi connectivity index (χ1) is 14.1. The van der Waals surface area contributed by atoms with Gasteiger partial charge in [0.2, 0.25) is 0 Å². The van der Waals surface area contributed by atoms with E-state index in [4.69, 9.17) is 9.15 Å². The number of nitrogens with one attached hydrogen (secondary N) is 1. The molecule has 5 heterocycles. The van der Waals surface area contributed by atoms with Gasteiger partial charge in [0.1, 0.15) is 11.5 Å². The molecule has 0 unspecified atom stereocenters. The number of aryl methyl sites for hydroxylation is 1. The second-order valence-corrected chi connectivity index (χ2v) is 8.12. The second kappa shape index (κ2) is 6.95. The molecule has 0 aromatic carbocycles. The number of aromatic nitrogens is 2. The quantitative estimate of drug-likeness (QED) is 0.826. The molecule has 3 saturated heterocycles. The number of rotatable bonds is 5. The molecule has 8 heteroatoms. The highest BCUT2D eigenvalue weighted by Gasteiger charge is 2.63. The first-order valence-corrected chi connectivity index (χ1v) is 10.2. The van der Waals surface area contributed by atoms with Crippen LogP contribution in [0.1, 0.15) is 46.5 Å². The van der Waals surface area contributed by atoms with Crippen molar-refractivity contribution in [1.29, 1.82) is 0 Å². The van der Waals surface area contributed by atoms with Crippen LogP contribution >= 0.6 is 0 Å². The lowest BCUT2D eigenvalue weighted by Gasteiger charge is -2.29. The fraction of sp³-hybridized carbons (Fsp3) is 0.524. The third-order valence-corrected chi connectivity index (χ3v) is 6.63. The largest absolute Gasteiger partial charge is 0.448 e. The minimum atomic E-state index is -0.295. The average Bonchev–Trinajstić information content (AvgIpc) is 3.51. The number of likely N-dealkylation sites (tertiary alicyclic amines) is 1. The Morgan fingerprint density at radius 2 is 2.24 bits per heavy atom. The molecule has 29 heavy (non-hydrogen) atoms. The van der Waals surface area contributed by atoms with Crippen molar-refractivity contribution in [3.05, 3.63) is 47.9 Å². The molecule has 1 N–H and O–H groups in total. The van der Waals surface area contributed by atoms with E-state index in [2.05, 4.69) is 15.3 Å². The molecule has 2 amide bonds. The van der Waals surface area contributed by atoms with Gasteiger partial charge in [-0.25, -0.2) is 4.98 Å². The van der Waals surface area contributed by atoms with Crippen LogP contribution in [0.4, 0.5) is 0 Å². The first kappa shape index (κ1) is 18.3. The lowest BCUT2D eigenvalue weighted by Crippen LogP contribution is -2.42. The number of oxazole rings is 1. The summed E-state index contributed by atoms with van der Waals surface area (Å²) in [5, 5.41) is 3.01. The van der Waals surface area contributed by atoms with Crippen LogP contribution in [0.3, 0.4) is 0 Å². The molecule has 3 aliphatic rings. The summed E-state index contributed by atoms with van der Waals surface area (Å²) >= 11 is 0. The molecule has 2 bridgehead atoms. The maximum Gasteiger partial charge on any atom is 0.276 e. The molecule has 1 spiro atoms. The molecular weight excluding hydrogens is 372 g/mol. The molecule has 8 nitrogen and oxygen atoms in total. The highest BCUT2D eigenvalue weighted by atomic mass is 16.5. The second-order valence-electron chi connectivity index (χ2n) is 8.12. The number of pyridine rings is 1. The van der Waals surface area contributed by atoms with Gasteiger partial charge >= 0.3 is 0 Å². The van der Waals surface area contributed by atoms with Crippen LogP contribution in [-0.2, 0) is 11.2 Å². The van der Waals surface area contributed by atoms with Crippen LogP contribution in [-0.4, -0.2) is 58.0 Å². The molecule has 152 valence electrons. The van der Waals surface area contributed by atoms with Crippen LogP contribution in [0.15, 0.2) is 35.2 Å². The van der Waals surface area contributed by atoms with Crippen LogP contribution in [0.5, 0.6) is 0 Å². The predicted octanol–water partition coefficient (Wildman–Crippen LogP) is 1.68. The number of nitrogens with zero attached hydrogens (tertiary/aromatic N) is 3. The Morgan fingerprint density at radius 3 is 3.03 bits per heavy atom. The fourth-order valence-corrected chi connectivity index (χ4v) is 5.26. The topological polar surface area (TPSA) is 97.6 Å². The van der Waals surface area contributed by atoms with E-state index in [-0.39, 0.29) is 35.4 Å². The zero-order valence-corrected chi connectivity index (χ0v) is 16.3. The van der Waals surface area contributed by atoms with Gasteiger partial charge in [-0.1, -0.05) is 13.0 Å². The maximum atomic E-state index is 13.0. The van der Waals surface area contributed by atoms with Gasteiger partial charge in [0.15, 0.2) is 12.1 Å². The number of amides is 2. The van der Waals surface area contributed by atoms with Crippen molar-refractivity contribution in [2.24, 2.45) is 11.8 Å². The Morgan fingerprint density at radius 1 is 1.34 bits per heavy atom. The van der Waals surface area contributed by atoms with E-state index in [0.29, 0.717) is 43.2 Å². The van der Waals surface area contributed by atoms with Gasteiger partial charge < -0.3 is 19.4 Å². The Kier molecular flexibility index (Phi) is 4.38. The fourth-order valence-electron chi connectivity index (χ4n) is 5.26. The first-order valence-electron chi connectivity index (χ1n) is 10.2.